The van der Waals surface area contributed by atoms with Gasteiger partial charge in [-0.05, 0) is 31.5 Å². The van der Waals surface area contributed by atoms with E-state index < -0.39 is 9.84 Å². The maximum absolute atomic E-state index is 12.7. The monoisotopic (exact) mass is 451 g/mol. The lowest BCUT2D eigenvalue weighted by Gasteiger charge is -2.10. The first kappa shape index (κ1) is 21.8. The maximum atomic E-state index is 12.7. The Bertz CT molecular complexity index is 1390. The first-order valence-corrected chi connectivity index (χ1v) is 12.1. The maximum Gasteiger partial charge on any atom is 0.240 e. The highest BCUT2D eigenvalue weighted by molar-refractivity contribution is 7.90. The van der Waals surface area contributed by atoms with Crippen molar-refractivity contribution in [2.24, 2.45) is 0 Å². The molecule has 0 atom stereocenters. The zero-order valence-electron chi connectivity index (χ0n) is 18.2. The summed E-state index contributed by atoms with van der Waals surface area (Å²) in [5.41, 5.74) is 5.07. The standard InChI is InChI=1S/C23H25N5O3S/c1-16-19(17(2)28(26-16)14-18-9-5-4-6-10-18)13-24-22(29)15-27-21-12-8-7-11-20(21)25-23(27)32(3,30)31/h4-12H,13-15H2,1-3H3,(H,24,29). The van der Waals surface area contributed by atoms with E-state index in [4.69, 9.17) is 0 Å². The van der Waals surface area contributed by atoms with E-state index in [2.05, 4.69) is 15.4 Å². The number of para-hydroxylation sites is 2. The Balaban J connectivity index is 1.51. The third-order valence-corrected chi connectivity index (χ3v) is 6.40. The van der Waals surface area contributed by atoms with Crippen molar-refractivity contribution in [2.75, 3.05) is 6.26 Å². The predicted octanol–water partition coefficient (Wildman–Crippen LogP) is 2.62. The van der Waals surface area contributed by atoms with E-state index in [0.717, 1.165) is 28.8 Å². The van der Waals surface area contributed by atoms with Crippen LogP contribution in [0.2, 0.25) is 0 Å². The van der Waals surface area contributed by atoms with Gasteiger partial charge in [0.2, 0.25) is 20.9 Å². The number of nitrogens with one attached hydrogen (secondary N) is 1. The first-order chi connectivity index (χ1) is 15.2. The van der Waals surface area contributed by atoms with Gasteiger partial charge in [-0.15, -0.1) is 0 Å². The molecular weight excluding hydrogens is 426 g/mol. The molecule has 1 amide bonds. The van der Waals surface area contributed by atoms with Crippen LogP contribution < -0.4 is 5.32 Å². The van der Waals surface area contributed by atoms with Crippen LogP contribution in [0, 0.1) is 13.8 Å². The van der Waals surface area contributed by atoms with Crippen LogP contribution in [-0.2, 0) is 34.3 Å². The van der Waals surface area contributed by atoms with Crippen LogP contribution in [0.5, 0.6) is 0 Å². The van der Waals surface area contributed by atoms with Crippen LogP contribution in [0.15, 0.2) is 59.8 Å². The zero-order chi connectivity index (χ0) is 22.9. The highest BCUT2D eigenvalue weighted by Crippen LogP contribution is 2.20. The van der Waals surface area contributed by atoms with Crippen LogP contribution in [0.1, 0.15) is 22.5 Å². The number of benzene rings is 2. The molecule has 2 aromatic heterocycles. The molecule has 0 bridgehead atoms. The molecule has 0 aliphatic carbocycles. The average molecular weight is 452 g/mol. The second kappa shape index (κ2) is 8.58. The molecule has 0 aliphatic rings. The van der Waals surface area contributed by atoms with Gasteiger partial charge in [-0.3, -0.25) is 9.48 Å². The van der Waals surface area contributed by atoms with Gasteiger partial charge in [0, 0.05) is 24.1 Å². The zero-order valence-corrected chi connectivity index (χ0v) is 19.1. The van der Waals surface area contributed by atoms with E-state index in [0.29, 0.717) is 24.1 Å². The molecule has 9 heteroatoms. The van der Waals surface area contributed by atoms with Gasteiger partial charge in [0.25, 0.3) is 0 Å². The third-order valence-electron chi connectivity index (χ3n) is 5.42. The van der Waals surface area contributed by atoms with Gasteiger partial charge in [0.1, 0.15) is 6.54 Å². The molecule has 0 fully saturated rings. The number of rotatable bonds is 7. The molecule has 32 heavy (non-hydrogen) atoms. The van der Waals surface area contributed by atoms with Crippen molar-refractivity contribution in [3.05, 3.63) is 77.1 Å². The molecule has 0 saturated carbocycles. The molecule has 0 spiro atoms. The van der Waals surface area contributed by atoms with E-state index in [1.54, 1.807) is 24.3 Å². The van der Waals surface area contributed by atoms with Gasteiger partial charge < -0.3 is 9.88 Å². The number of imidazole rings is 1. The van der Waals surface area contributed by atoms with Crippen LogP contribution in [0.4, 0.5) is 0 Å². The number of aryl methyl sites for hydroxylation is 1. The fraction of sp³-hybridized carbons (Fsp3) is 0.261. The van der Waals surface area contributed by atoms with Crippen molar-refractivity contribution in [3.8, 4) is 0 Å². The number of hydrogen-bond donors (Lipinski definition) is 1. The Morgan fingerprint density at radius 2 is 1.72 bits per heavy atom. The highest BCUT2D eigenvalue weighted by atomic mass is 32.2. The van der Waals surface area contributed by atoms with Crippen LogP contribution in [0.25, 0.3) is 11.0 Å². The Morgan fingerprint density at radius 3 is 2.44 bits per heavy atom. The molecule has 4 rings (SSSR count). The van der Waals surface area contributed by atoms with E-state index in [1.807, 2.05) is 48.9 Å². The van der Waals surface area contributed by atoms with Gasteiger partial charge in [0.15, 0.2) is 0 Å². The number of aromatic nitrogens is 4. The Hall–Kier alpha value is -3.46. The van der Waals surface area contributed by atoms with Crippen molar-refractivity contribution in [2.45, 2.75) is 38.6 Å². The minimum absolute atomic E-state index is 0.114. The summed E-state index contributed by atoms with van der Waals surface area (Å²) < 4.78 is 27.8. The molecule has 2 aromatic carbocycles. The van der Waals surface area contributed by atoms with Crippen LogP contribution >= 0.6 is 0 Å². The summed E-state index contributed by atoms with van der Waals surface area (Å²) in [6, 6.07) is 17.1. The Kier molecular flexibility index (Phi) is 5.84. The summed E-state index contributed by atoms with van der Waals surface area (Å²) in [5, 5.41) is 7.41. The molecule has 2 heterocycles. The molecule has 8 nitrogen and oxygen atoms in total. The number of fused-ring (bicyclic) bond motifs is 1. The van der Waals surface area contributed by atoms with Crippen molar-refractivity contribution in [3.63, 3.8) is 0 Å². The number of carbonyl (C=O) groups is 1. The van der Waals surface area contributed by atoms with Gasteiger partial charge in [0.05, 0.1) is 23.3 Å². The lowest BCUT2D eigenvalue weighted by molar-refractivity contribution is -0.121. The molecule has 0 aliphatic heterocycles. The summed E-state index contributed by atoms with van der Waals surface area (Å²) >= 11 is 0. The fourth-order valence-electron chi connectivity index (χ4n) is 3.78. The van der Waals surface area contributed by atoms with Crippen molar-refractivity contribution in [1.82, 2.24) is 24.6 Å². The van der Waals surface area contributed by atoms with Crippen molar-refractivity contribution >= 4 is 26.8 Å². The smallest absolute Gasteiger partial charge is 0.240 e. The normalized spacial score (nSPS) is 11.7. The minimum atomic E-state index is -3.59. The summed E-state index contributed by atoms with van der Waals surface area (Å²) in [7, 11) is -3.59. The summed E-state index contributed by atoms with van der Waals surface area (Å²) in [4.78, 5) is 17.0. The quantitative estimate of drug-likeness (QED) is 0.466. The first-order valence-electron chi connectivity index (χ1n) is 10.2. The number of hydrogen-bond acceptors (Lipinski definition) is 5. The van der Waals surface area contributed by atoms with Gasteiger partial charge >= 0.3 is 0 Å². The molecular formula is C23H25N5O3S. The van der Waals surface area contributed by atoms with Gasteiger partial charge in [-0.25, -0.2) is 13.4 Å². The minimum Gasteiger partial charge on any atom is -0.350 e. The summed E-state index contributed by atoms with van der Waals surface area (Å²) in [5.74, 6) is -0.298. The van der Waals surface area contributed by atoms with E-state index >= 15 is 0 Å². The molecule has 4 aromatic rings. The van der Waals surface area contributed by atoms with Gasteiger partial charge in [-0.2, -0.15) is 5.10 Å². The second-order valence-corrected chi connectivity index (χ2v) is 9.72. The van der Waals surface area contributed by atoms with Crippen molar-refractivity contribution in [1.29, 1.82) is 0 Å². The average Bonchev–Trinajstić information content (AvgIpc) is 3.25. The SMILES string of the molecule is Cc1nn(Cc2ccccc2)c(C)c1CNC(=O)Cn1c(S(C)(=O)=O)nc2ccccc21. The molecule has 1 N–H and O–H groups in total. The Labute approximate surface area is 186 Å². The third kappa shape index (κ3) is 4.43. The van der Waals surface area contributed by atoms with Crippen LogP contribution in [-0.4, -0.2) is 39.9 Å². The second-order valence-electron chi connectivity index (χ2n) is 7.81. The van der Waals surface area contributed by atoms with Crippen LogP contribution in [0.3, 0.4) is 0 Å². The number of nitrogens with zero attached hydrogens (tertiary/aromatic N) is 4. The largest absolute Gasteiger partial charge is 0.350 e. The Morgan fingerprint density at radius 1 is 1.03 bits per heavy atom. The number of carbonyl (C=O) groups excluding carboxylic acids is 1. The van der Waals surface area contributed by atoms with E-state index in [-0.39, 0.29) is 17.6 Å². The number of amides is 1. The van der Waals surface area contributed by atoms with E-state index in [1.165, 1.54) is 4.57 Å². The molecule has 166 valence electrons. The topological polar surface area (TPSA) is 98.9 Å². The van der Waals surface area contributed by atoms with E-state index in [9.17, 15) is 13.2 Å². The lowest BCUT2D eigenvalue weighted by Crippen LogP contribution is -2.28. The lowest BCUT2D eigenvalue weighted by atomic mass is 10.2. The summed E-state index contributed by atoms with van der Waals surface area (Å²) in [6.07, 6.45) is 1.09. The highest BCUT2D eigenvalue weighted by Gasteiger charge is 2.21. The number of sulfone groups is 1. The summed E-state index contributed by atoms with van der Waals surface area (Å²) in [6.45, 7) is 4.72. The fourth-order valence-corrected chi connectivity index (χ4v) is 4.60. The molecule has 0 radical (unpaired) electrons. The van der Waals surface area contributed by atoms with Gasteiger partial charge in [-0.1, -0.05) is 42.5 Å². The molecule has 0 unspecified atom stereocenters. The predicted molar refractivity (Wildman–Crippen MR) is 122 cm³/mol. The van der Waals surface area contributed by atoms with Crippen molar-refractivity contribution < 1.29 is 13.2 Å². The molecule has 0 saturated heterocycles.